The number of carbonyl (C=O) groups excluding carboxylic acids is 2. The number of alkyl halides is 3. The molecule has 0 saturated carbocycles. The molecule has 10 heteroatoms. The molecule has 0 bridgehead atoms. The zero-order valence-corrected chi connectivity index (χ0v) is 14.8. The van der Waals surface area contributed by atoms with Crippen molar-refractivity contribution in [3.05, 3.63) is 70.7 Å². The lowest BCUT2D eigenvalue weighted by atomic mass is 10.2. The van der Waals surface area contributed by atoms with Gasteiger partial charge in [0, 0.05) is 5.56 Å². The van der Waals surface area contributed by atoms with Crippen LogP contribution in [0.25, 0.3) is 0 Å². The van der Waals surface area contributed by atoms with E-state index in [0.717, 1.165) is 23.5 Å². The Morgan fingerprint density at radius 1 is 1.07 bits per heavy atom. The maximum Gasteiger partial charge on any atom is 0.416 e. The molecule has 3 rings (SSSR count). The van der Waals surface area contributed by atoms with Gasteiger partial charge in [-0.1, -0.05) is 23.5 Å². The summed E-state index contributed by atoms with van der Waals surface area (Å²) in [6.45, 7) is 0. The van der Waals surface area contributed by atoms with Gasteiger partial charge in [0.05, 0.1) is 11.8 Å². The first-order valence-corrected chi connectivity index (χ1v) is 8.56. The summed E-state index contributed by atoms with van der Waals surface area (Å²) < 4.78 is 43.8. The Kier molecular flexibility index (Phi) is 5.32. The van der Waals surface area contributed by atoms with Crippen LogP contribution in [-0.2, 0) is 6.18 Å². The SMILES string of the molecule is NC(=O)c1cnc(NC(=O)c2cccc(Oc3cccc(C(F)(F)F)c3)c2)s1. The third kappa shape index (κ3) is 4.65. The number of ether oxygens (including phenoxy) is 1. The van der Waals surface area contributed by atoms with E-state index in [1.165, 1.54) is 42.6 Å². The highest BCUT2D eigenvalue weighted by Gasteiger charge is 2.30. The third-order valence-corrected chi connectivity index (χ3v) is 4.39. The molecule has 2 aromatic carbocycles. The summed E-state index contributed by atoms with van der Waals surface area (Å²) in [5.41, 5.74) is 4.49. The van der Waals surface area contributed by atoms with Gasteiger partial charge >= 0.3 is 6.18 Å². The molecule has 0 fully saturated rings. The highest BCUT2D eigenvalue weighted by molar-refractivity contribution is 7.17. The van der Waals surface area contributed by atoms with Crippen LogP contribution in [0.5, 0.6) is 11.5 Å². The van der Waals surface area contributed by atoms with Crippen molar-refractivity contribution >= 4 is 28.3 Å². The van der Waals surface area contributed by atoms with Crippen molar-refractivity contribution in [2.24, 2.45) is 5.73 Å². The van der Waals surface area contributed by atoms with Crippen molar-refractivity contribution in [1.82, 2.24) is 4.98 Å². The summed E-state index contributed by atoms with van der Waals surface area (Å²) >= 11 is 0.919. The van der Waals surface area contributed by atoms with Crippen molar-refractivity contribution in [3.8, 4) is 11.5 Å². The van der Waals surface area contributed by atoms with Crippen molar-refractivity contribution in [2.45, 2.75) is 6.18 Å². The van der Waals surface area contributed by atoms with E-state index in [0.29, 0.717) is 0 Å². The van der Waals surface area contributed by atoms with Crippen molar-refractivity contribution in [3.63, 3.8) is 0 Å². The van der Waals surface area contributed by atoms with Crippen molar-refractivity contribution in [1.29, 1.82) is 0 Å². The summed E-state index contributed by atoms with van der Waals surface area (Å²) in [4.78, 5) is 27.5. The second-order valence-corrected chi connectivity index (χ2v) is 6.53. The Hall–Kier alpha value is -3.40. The van der Waals surface area contributed by atoms with E-state index < -0.39 is 23.6 Å². The summed E-state index contributed by atoms with van der Waals surface area (Å²) in [7, 11) is 0. The fraction of sp³-hybridized carbons (Fsp3) is 0.0556. The summed E-state index contributed by atoms with van der Waals surface area (Å²) in [6.07, 6.45) is -3.24. The number of hydrogen-bond donors (Lipinski definition) is 2. The molecule has 1 aromatic heterocycles. The fourth-order valence-corrected chi connectivity index (χ4v) is 2.85. The maximum atomic E-state index is 12.8. The van der Waals surface area contributed by atoms with Crippen LogP contribution >= 0.6 is 11.3 Å². The third-order valence-electron chi connectivity index (χ3n) is 3.46. The monoisotopic (exact) mass is 407 g/mol. The number of carbonyl (C=O) groups is 2. The normalized spacial score (nSPS) is 11.1. The molecule has 0 aliphatic heterocycles. The number of nitrogens with one attached hydrogen (secondary N) is 1. The molecular formula is C18H12F3N3O3S. The summed E-state index contributed by atoms with van der Waals surface area (Å²) in [5.74, 6) is -1.02. The molecule has 144 valence electrons. The highest BCUT2D eigenvalue weighted by atomic mass is 32.1. The molecule has 0 aliphatic rings. The van der Waals surface area contributed by atoms with Crippen molar-refractivity contribution < 1.29 is 27.5 Å². The number of anilines is 1. The number of amides is 2. The average Bonchev–Trinajstić information content (AvgIpc) is 3.10. The van der Waals surface area contributed by atoms with E-state index in [2.05, 4.69) is 10.3 Å². The van der Waals surface area contributed by atoms with Crippen LogP contribution in [-0.4, -0.2) is 16.8 Å². The Morgan fingerprint density at radius 2 is 1.75 bits per heavy atom. The van der Waals surface area contributed by atoms with Crippen LogP contribution in [0, 0.1) is 0 Å². The molecule has 0 unspecified atom stereocenters. The number of hydrogen-bond acceptors (Lipinski definition) is 5. The summed E-state index contributed by atoms with van der Waals surface area (Å²) in [6, 6.07) is 10.3. The number of nitrogens with zero attached hydrogens (tertiary/aromatic N) is 1. The van der Waals surface area contributed by atoms with Gasteiger partial charge in [0.15, 0.2) is 5.13 Å². The molecule has 3 N–H and O–H groups in total. The predicted molar refractivity (Wildman–Crippen MR) is 96.5 cm³/mol. The molecule has 0 saturated heterocycles. The Labute approximate surface area is 160 Å². The van der Waals surface area contributed by atoms with E-state index >= 15 is 0 Å². The number of aromatic nitrogens is 1. The minimum atomic E-state index is -4.49. The standard InChI is InChI=1S/C18H12F3N3O3S/c19-18(20,21)11-4-2-6-13(8-11)27-12-5-1-3-10(7-12)16(26)24-17-23-9-14(28-17)15(22)25/h1-9H,(H2,22,25)(H,23,24,26). The van der Waals surface area contributed by atoms with Crippen LogP contribution in [0.15, 0.2) is 54.7 Å². The Balaban J connectivity index is 1.75. The molecule has 6 nitrogen and oxygen atoms in total. The van der Waals surface area contributed by atoms with Gasteiger partial charge in [-0.25, -0.2) is 4.98 Å². The predicted octanol–water partition coefficient (Wildman–Crippen LogP) is 4.31. The number of thiazole rings is 1. The first-order valence-electron chi connectivity index (χ1n) is 7.74. The smallest absolute Gasteiger partial charge is 0.416 e. The molecule has 3 aromatic rings. The largest absolute Gasteiger partial charge is 0.457 e. The molecule has 0 aliphatic carbocycles. The van der Waals surface area contributed by atoms with Crippen LogP contribution in [0.2, 0.25) is 0 Å². The lowest BCUT2D eigenvalue weighted by Crippen LogP contribution is -2.11. The lowest BCUT2D eigenvalue weighted by molar-refractivity contribution is -0.137. The van der Waals surface area contributed by atoms with Crippen LogP contribution in [0.4, 0.5) is 18.3 Å². The molecular weight excluding hydrogens is 395 g/mol. The Bertz CT molecular complexity index is 1030. The van der Waals surface area contributed by atoms with Crippen LogP contribution < -0.4 is 15.8 Å². The van der Waals surface area contributed by atoms with Crippen LogP contribution in [0.3, 0.4) is 0 Å². The van der Waals surface area contributed by atoms with Gasteiger partial charge in [0.2, 0.25) is 0 Å². The molecule has 0 spiro atoms. The molecule has 28 heavy (non-hydrogen) atoms. The maximum absolute atomic E-state index is 12.8. The first-order chi connectivity index (χ1) is 13.2. The average molecular weight is 407 g/mol. The van der Waals surface area contributed by atoms with Gasteiger partial charge in [-0.15, -0.1) is 0 Å². The number of benzene rings is 2. The topological polar surface area (TPSA) is 94.3 Å². The van der Waals surface area contributed by atoms with Gasteiger partial charge in [-0.2, -0.15) is 13.2 Å². The van der Waals surface area contributed by atoms with Gasteiger partial charge < -0.3 is 10.5 Å². The number of halogens is 3. The zero-order chi connectivity index (χ0) is 20.3. The second-order valence-electron chi connectivity index (χ2n) is 5.50. The molecule has 1 heterocycles. The summed E-state index contributed by atoms with van der Waals surface area (Å²) in [5, 5.41) is 2.69. The highest BCUT2D eigenvalue weighted by Crippen LogP contribution is 2.32. The second kappa shape index (κ2) is 7.69. The fourth-order valence-electron chi connectivity index (χ4n) is 2.19. The molecule has 0 radical (unpaired) electrons. The minimum absolute atomic E-state index is 0.0154. The van der Waals surface area contributed by atoms with Gasteiger partial charge in [-0.3, -0.25) is 14.9 Å². The quantitative estimate of drug-likeness (QED) is 0.659. The molecule has 0 atom stereocenters. The van der Waals surface area contributed by atoms with Gasteiger partial charge in [-0.05, 0) is 36.4 Å². The van der Waals surface area contributed by atoms with E-state index in [1.54, 1.807) is 0 Å². The number of rotatable bonds is 5. The Morgan fingerprint density at radius 3 is 2.39 bits per heavy atom. The zero-order valence-electron chi connectivity index (χ0n) is 14.0. The number of nitrogens with two attached hydrogens (primary N) is 1. The molecule has 2 amide bonds. The van der Waals surface area contributed by atoms with E-state index in [-0.39, 0.29) is 27.1 Å². The number of primary amides is 1. The van der Waals surface area contributed by atoms with E-state index in [4.69, 9.17) is 10.5 Å². The van der Waals surface area contributed by atoms with E-state index in [9.17, 15) is 22.8 Å². The first kappa shape index (κ1) is 19.4. The minimum Gasteiger partial charge on any atom is -0.457 e. The van der Waals surface area contributed by atoms with E-state index in [1.807, 2.05) is 0 Å². The van der Waals surface area contributed by atoms with Crippen LogP contribution in [0.1, 0.15) is 25.6 Å². The van der Waals surface area contributed by atoms with Gasteiger partial charge in [0.1, 0.15) is 16.4 Å². The van der Waals surface area contributed by atoms with Gasteiger partial charge in [0.25, 0.3) is 11.8 Å². The van der Waals surface area contributed by atoms with Crippen molar-refractivity contribution in [2.75, 3.05) is 5.32 Å². The lowest BCUT2D eigenvalue weighted by Gasteiger charge is -2.10.